The fraction of sp³-hybridized carbons (Fsp3) is 0.409. The number of halogens is 2. The summed E-state index contributed by atoms with van der Waals surface area (Å²) in [5.41, 5.74) is 2.10. The summed E-state index contributed by atoms with van der Waals surface area (Å²) in [6.07, 6.45) is 0. The van der Waals surface area contributed by atoms with Crippen LogP contribution in [0, 0.1) is 12.7 Å². The molecule has 0 radical (unpaired) electrons. The van der Waals surface area contributed by atoms with Crippen LogP contribution in [0.4, 0.5) is 4.39 Å². The molecule has 150 valence electrons. The molecule has 1 fully saturated rings. The third-order valence-electron chi connectivity index (χ3n) is 5.17. The second kappa shape index (κ2) is 8.93. The van der Waals surface area contributed by atoms with Crippen LogP contribution in [-0.2, 0) is 11.3 Å². The maximum atomic E-state index is 13.1. The number of benzene rings is 2. The van der Waals surface area contributed by atoms with E-state index >= 15 is 0 Å². The summed E-state index contributed by atoms with van der Waals surface area (Å²) in [6.45, 7) is 8.20. The molecule has 1 amide bonds. The van der Waals surface area contributed by atoms with Crippen molar-refractivity contribution in [2.24, 2.45) is 0 Å². The smallest absolute Gasteiger partial charge is 0.260 e. The van der Waals surface area contributed by atoms with Crippen LogP contribution in [0.2, 0.25) is 5.02 Å². The van der Waals surface area contributed by atoms with Gasteiger partial charge in [-0.15, -0.1) is 0 Å². The van der Waals surface area contributed by atoms with Crippen LogP contribution >= 0.6 is 11.6 Å². The molecule has 0 saturated carbocycles. The average molecular weight is 405 g/mol. The molecule has 0 aromatic heterocycles. The quantitative estimate of drug-likeness (QED) is 0.745. The van der Waals surface area contributed by atoms with Gasteiger partial charge in [-0.1, -0.05) is 29.8 Å². The van der Waals surface area contributed by atoms with Gasteiger partial charge in [-0.3, -0.25) is 9.69 Å². The molecule has 2 aromatic carbocycles. The summed E-state index contributed by atoms with van der Waals surface area (Å²) in [4.78, 5) is 16.9. The predicted octanol–water partition coefficient (Wildman–Crippen LogP) is 4.29. The lowest BCUT2D eigenvalue weighted by Crippen LogP contribution is -2.58. The molecule has 0 spiro atoms. The summed E-state index contributed by atoms with van der Waals surface area (Å²) in [5, 5.41) is 0.504. The Labute approximate surface area is 170 Å². The van der Waals surface area contributed by atoms with E-state index in [4.69, 9.17) is 16.3 Å². The fourth-order valence-corrected chi connectivity index (χ4v) is 3.71. The minimum absolute atomic E-state index is 0.0296. The first-order valence-electron chi connectivity index (χ1n) is 9.50. The summed E-state index contributed by atoms with van der Waals surface area (Å²) >= 11 is 6.14. The Balaban J connectivity index is 1.57. The Kier molecular flexibility index (Phi) is 6.57. The molecule has 1 aliphatic heterocycles. The first-order valence-corrected chi connectivity index (χ1v) is 9.88. The number of aryl methyl sites for hydroxylation is 1. The Hall–Kier alpha value is -2.11. The highest BCUT2D eigenvalue weighted by Gasteiger charge is 2.32. The Morgan fingerprint density at radius 2 is 1.86 bits per heavy atom. The van der Waals surface area contributed by atoms with Gasteiger partial charge in [0.1, 0.15) is 11.6 Å². The number of piperazine rings is 1. The van der Waals surface area contributed by atoms with Gasteiger partial charge in [0.05, 0.1) is 5.02 Å². The van der Waals surface area contributed by atoms with Gasteiger partial charge in [0.25, 0.3) is 5.91 Å². The van der Waals surface area contributed by atoms with Crippen molar-refractivity contribution < 1.29 is 13.9 Å². The molecule has 0 N–H and O–H groups in total. The minimum Gasteiger partial charge on any atom is -0.482 e. The number of nitrogens with zero attached hydrogens (tertiary/aromatic N) is 2. The molecule has 1 saturated heterocycles. The van der Waals surface area contributed by atoms with Gasteiger partial charge in [-0.05, 0) is 56.2 Å². The second-order valence-corrected chi connectivity index (χ2v) is 7.93. The highest BCUT2D eigenvalue weighted by Crippen LogP contribution is 2.25. The lowest BCUT2D eigenvalue weighted by Gasteiger charge is -2.44. The summed E-state index contributed by atoms with van der Waals surface area (Å²) in [6, 6.07) is 12.4. The van der Waals surface area contributed by atoms with Crippen molar-refractivity contribution in [3.8, 4) is 5.75 Å². The maximum Gasteiger partial charge on any atom is 0.260 e. The van der Waals surface area contributed by atoms with E-state index in [0.29, 0.717) is 17.3 Å². The third-order valence-corrected chi connectivity index (χ3v) is 5.48. The van der Waals surface area contributed by atoms with Crippen LogP contribution in [0.1, 0.15) is 25.0 Å². The number of rotatable bonds is 5. The summed E-state index contributed by atoms with van der Waals surface area (Å²) < 4.78 is 18.8. The van der Waals surface area contributed by atoms with E-state index in [2.05, 4.69) is 11.8 Å². The topological polar surface area (TPSA) is 32.8 Å². The summed E-state index contributed by atoms with van der Waals surface area (Å²) in [7, 11) is 0. The monoisotopic (exact) mass is 404 g/mol. The number of hydrogen-bond acceptors (Lipinski definition) is 3. The van der Waals surface area contributed by atoms with E-state index < -0.39 is 0 Å². The van der Waals surface area contributed by atoms with Crippen molar-refractivity contribution in [1.29, 1.82) is 0 Å². The van der Waals surface area contributed by atoms with Crippen LogP contribution < -0.4 is 4.74 Å². The standard InChI is InChI=1S/C22H26ClFN2O2/c1-15-4-9-20(23)21(10-15)28-14-22(27)26-12-16(2)25(11-17(26)3)13-18-5-7-19(24)8-6-18/h4-10,16-17H,11-14H2,1-3H3/t16-,17+/m1/s1. The molecular formula is C22H26ClFN2O2. The molecule has 2 aromatic rings. The molecule has 0 aliphatic carbocycles. The molecule has 4 nitrogen and oxygen atoms in total. The lowest BCUT2D eigenvalue weighted by atomic mass is 10.1. The van der Waals surface area contributed by atoms with E-state index in [9.17, 15) is 9.18 Å². The van der Waals surface area contributed by atoms with Crippen LogP contribution in [0.25, 0.3) is 0 Å². The van der Waals surface area contributed by atoms with Gasteiger partial charge < -0.3 is 9.64 Å². The zero-order valence-corrected chi connectivity index (χ0v) is 17.2. The van der Waals surface area contributed by atoms with Crippen molar-refractivity contribution in [3.05, 3.63) is 64.4 Å². The van der Waals surface area contributed by atoms with E-state index in [1.165, 1.54) is 12.1 Å². The molecule has 28 heavy (non-hydrogen) atoms. The van der Waals surface area contributed by atoms with Gasteiger partial charge in [-0.2, -0.15) is 0 Å². The molecule has 2 atom stereocenters. The first kappa shape index (κ1) is 20.6. The average Bonchev–Trinajstić information content (AvgIpc) is 2.66. The maximum absolute atomic E-state index is 13.1. The molecule has 1 aliphatic rings. The Bertz CT molecular complexity index is 828. The van der Waals surface area contributed by atoms with Gasteiger partial charge in [0, 0.05) is 31.7 Å². The van der Waals surface area contributed by atoms with Crippen LogP contribution in [0.15, 0.2) is 42.5 Å². The fourth-order valence-electron chi connectivity index (χ4n) is 3.53. The molecule has 6 heteroatoms. The molecular weight excluding hydrogens is 379 g/mol. The number of carbonyl (C=O) groups is 1. The van der Waals surface area contributed by atoms with E-state index in [1.54, 1.807) is 6.07 Å². The van der Waals surface area contributed by atoms with Crippen molar-refractivity contribution in [2.45, 2.75) is 39.4 Å². The second-order valence-electron chi connectivity index (χ2n) is 7.52. The van der Waals surface area contributed by atoms with Gasteiger partial charge in [0.15, 0.2) is 6.61 Å². The molecule has 3 rings (SSSR count). The Morgan fingerprint density at radius 3 is 2.57 bits per heavy atom. The van der Waals surface area contributed by atoms with Crippen molar-refractivity contribution in [3.63, 3.8) is 0 Å². The number of ether oxygens (including phenoxy) is 1. The normalized spacial score (nSPS) is 20.2. The zero-order chi connectivity index (χ0) is 20.3. The van der Waals surface area contributed by atoms with E-state index in [0.717, 1.165) is 24.2 Å². The van der Waals surface area contributed by atoms with Crippen molar-refractivity contribution in [2.75, 3.05) is 19.7 Å². The van der Waals surface area contributed by atoms with Crippen molar-refractivity contribution in [1.82, 2.24) is 9.80 Å². The largest absolute Gasteiger partial charge is 0.482 e. The lowest BCUT2D eigenvalue weighted by molar-refractivity contribution is -0.139. The number of carbonyl (C=O) groups excluding carboxylic acids is 1. The van der Waals surface area contributed by atoms with Crippen LogP contribution in [0.5, 0.6) is 5.75 Å². The Morgan fingerprint density at radius 1 is 1.14 bits per heavy atom. The van der Waals surface area contributed by atoms with Crippen molar-refractivity contribution >= 4 is 17.5 Å². The molecule has 1 heterocycles. The predicted molar refractivity (Wildman–Crippen MR) is 109 cm³/mol. The number of amides is 1. The third kappa shape index (κ3) is 5.03. The van der Waals surface area contributed by atoms with Gasteiger partial charge >= 0.3 is 0 Å². The zero-order valence-electron chi connectivity index (χ0n) is 16.5. The highest BCUT2D eigenvalue weighted by molar-refractivity contribution is 6.32. The van der Waals surface area contributed by atoms with E-state index in [1.807, 2.05) is 43.0 Å². The molecule has 0 unspecified atom stereocenters. The van der Waals surface area contributed by atoms with Gasteiger partial charge in [-0.25, -0.2) is 4.39 Å². The SMILES string of the molecule is Cc1ccc(Cl)c(OCC(=O)N2C[C@@H](C)N(Cc3ccc(F)cc3)C[C@@H]2C)c1. The number of hydrogen-bond donors (Lipinski definition) is 0. The first-order chi connectivity index (χ1) is 13.3. The minimum atomic E-state index is -0.228. The highest BCUT2D eigenvalue weighted by atomic mass is 35.5. The van der Waals surface area contributed by atoms with Gasteiger partial charge in [0.2, 0.25) is 0 Å². The van der Waals surface area contributed by atoms with Crippen LogP contribution in [-0.4, -0.2) is 47.5 Å². The molecule has 0 bridgehead atoms. The van der Waals surface area contributed by atoms with Crippen LogP contribution in [0.3, 0.4) is 0 Å². The summed E-state index contributed by atoms with van der Waals surface area (Å²) in [5.74, 6) is 0.262. The van der Waals surface area contributed by atoms with E-state index in [-0.39, 0.29) is 30.4 Å².